The summed E-state index contributed by atoms with van der Waals surface area (Å²) in [6, 6.07) is 0. The fourth-order valence-electron chi connectivity index (χ4n) is 2.71. The van der Waals surface area contributed by atoms with Crippen LogP contribution in [-0.4, -0.2) is 80.4 Å². The zero-order valence-corrected chi connectivity index (χ0v) is 15.5. The Kier molecular flexibility index (Phi) is 8.10. The number of esters is 2. The highest BCUT2D eigenvalue weighted by Crippen LogP contribution is 2.39. The molecule has 0 heterocycles. The third-order valence-corrected chi connectivity index (χ3v) is 3.75. The van der Waals surface area contributed by atoms with E-state index >= 15 is 0 Å². The van der Waals surface area contributed by atoms with E-state index in [1.54, 1.807) is 0 Å². The highest BCUT2D eigenvalue weighted by Gasteiger charge is 2.73. The fraction of sp³-hybridized carbons (Fsp3) is 0.625. The van der Waals surface area contributed by atoms with Gasteiger partial charge in [-0.05, 0) is 13.8 Å². The van der Waals surface area contributed by atoms with Gasteiger partial charge in [0.2, 0.25) is 0 Å². The van der Waals surface area contributed by atoms with Crippen LogP contribution in [0.15, 0.2) is 0 Å². The van der Waals surface area contributed by atoms with Crippen molar-refractivity contribution in [3.05, 3.63) is 0 Å². The van der Waals surface area contributed by atoms with E-state index in [1.165, 1.54) is 0 Å². The molecule has 3 N–H and O–H groups in total. The summed E-state index contributed by atoms with van der Waals surface area (Å²) < 4.78 is 9.56. The molecule has 0 saturated carbocycles. The Bertz CT molecular complexity index is 667. The van der Waals surface area contributed by atoms with E-state index in [0.717, 1.165) is 13.8 Å². The second-order valence-corrected chi connectivity index (χ2v) is 5.80. The lowest BCUT2D eigenvalue weighted by molar-refractivity contribution is -0.236. The summed E-state index contributed by atoms with van der Waals surface area (Å²) in [5.41, 5.74) is -6.75. The number of hydrogen-bond acceptors (Lipinski definition) is 11. The molecule has 11 nitrogen and oxygen atoms in total. The molecular formula is C16H22O11. The zero-order chi connectivity index (χ0) is 21.7. The summed E-state index contributed by atoms with van der Waals surface area (Å²) in [5, 5.41) is 29.4. The predicted molar refractivity (Wildman–Crippen MR) is 85.1 cm³/mol. The van der Waals surface area contributed by atoms with E-state index in [0.29, 0.717) is 20.8 Å². The van der Waals surface area contributed by atoms with E-state index in [4.69, 9.17) is 14.6 Å². The molecule has 0 bridgehead atoms. The summed E-state index contributed by atoms with van der Waals surface area (Å²) in [5.74, 6) is -8.62. The van der Waals surface area contributed by atoms with Gasteiger partial charge in [-0.3, -0.25) is 28.8 Å². The maximum absolute atomic E-state index is 12.6. The molecule has 0 aromatic carbocycles. The summed E-state index contributed by atoms with van der Waals surface area (Å²) in [4.78, 5) is 72.6. The Hall–Kier alpha value is -2.50. The molecule has 0 unspecified atom stereocenters. The largest absolute Gasteiger partial charge is 0.443 e. The average Bonchev–Trinajstić information content (AvgIpc) is 2.54. The summed E-state index contributed by atoms with van der Waals surface area (Å²) in [7, 11) is 0. The minimum atomic E-state index is -3.42. The van der Waals surface area contributed by atoms with Crippen LogP contribution in [0, 0.1) is 0 Å². The SMILES string of the molecule is CC(=O)O[C@](C(C)=O)(C(=O)C(C)=O)[C@](OC(C)=O)(C(C)=O)[C@H](O)[C@H](O)CO. The lowest BCUT2D eigenvalue weighted by Gasteiger charge is -2.46. The van der Waals surface area contributed by atoms with Crippen LogP contribution >= 0.6 is 0 Å². The number of ketones is 4. The third-order valence-electron chi connectivity index (χ3n) is 3.75. The van der Waals surface area contributed by atoms with Gasteiger partial charge in [0.15, 0.2) is 17.3 Å². The quantitative estimate of drug-likeness (QED) is 0.206. The molecular weight excluding hydrogens is 368 g/mol. The molecule has 0 amide bonds. The Morgan fingerprint density at radius 1 is 0.815 bits per heavy atom. The molecule has 27 heavy (non-hydrogen) atoms. The summed E-state index contributed by atoms with van der Waals surface area (Å²) in [6.07, 6.45) is -4.84. The van der Waals surface area contributed by atoms with Gasteiger partial charge in [0.1, 0.15) is 12.2 Å². The first-order valence-electron chi connectivity index (χ1n) is 7.65. The smallest absolute Gasteiger partial charge is 0.304 e. The minimum absolute atomic E-state index is 0.656. The Labute approximate surface area is 154 Å². The number of aliphatic hydroxyl groups excluding tert-OH is 3. The van der Waals surface area contributed by atoms with Crippen molar-refractivity contribution in [2.75, 3.05) is 6.61 Å². The van der Waals surface area contributed by atoms with Crippen LogP contribution in [-0.2, 0) is 38.2 Å². The van der Waals surface area contributed by atoms with Gasteiger partial charge in [-0.15, -0.1) is 0 Å². The van der Waals surface area contributed by atoms with Gasteiger partial charge < -0.3 is 24.8 Å². The number of hydrogen-bond donors (Lipinski definition) is 3. The number of carbonyl (C=O) groups is 6. The van der Waals surface area contributed by atoms with Crippen LogP contribution < -0.4 is 0 Å². The molecule has 0 aliphatic carbocycles. The normalized spacial score (nSPS) is 17.5. The van der Waals surface area contributed by atoms with E-state index in [-0.39, 0.29) is 0 Å². The molecule has 4 atom stereocenters. The van der Waals surface area contributed by atoms with E-state index in [9.17, 15) is 39.0 Å². The molecule has 0 radical (unpaired) electrons. The highest BCUT2D eigenvalue weighted by molar-refractivity contribution is 6.45. The zero-order valence-electron chi connectivity index (χ0n) is 15.5. The second kappa shape index (κ2) is 8.93. The van der Waals surface area contributed by atoms with E-state index in [1.807, 2.05) is 0 Å². The minimum Gasteiger partial charge on any atom is -0.443 e. The Morgan fingerprint density at radius 2 is 1.26 bits per heavy atom. The van der Waals surface area contributed by atoms with Crippen LogP contribution in [0.25, 0.3) is 0 Å². The van der Waals surface area contributed by atoms with Crippen molar-refractivity contribution in [1.29, 1.82) is 0 Å². The van der Waals surface area contributed by atoms with Crippen molar-refractivity contribution < 1.29 is 53.6 Å². The lowest BCUT2D eigenvalue weighted by atomic mass is 9.68. The van der Waals surface area contributed by atoms with Crippen molar-refractivity contribution in [1.82, 2.24) is 0 Å². The maximum Gasteiger partial charge on any atom is 0.304 e. The first-order valence-corrected chi connectivity index (χ1v) is 7.65. The maximum atomic E-state index is 12.6. The molecule has 0 spiro atoms. The van der Waals surface area contributed by atoms with Gasteiger partial charge >= 0.3 is 11.9 Å². The van der Waals surface area contributed by atoms with Crippen LogP contribution in [0.2, 0.25) is 0 Å². The highest BCUT2D eigenvalue weighted by atomic mass is 16.6. The van der Waals surface area contributed by atoms with Gasteiger partial charge in [-0.2, -0.15) is 0 Å². The van der Waals surface area contributed by atoms with Crippen LogP contribution in [0.5, 0.6) is 0 Å². The Morgan fingerprint density at radius 3 is 1.52 bits per heavy atom. The molecule has 0 aromatic rings. The van der Waals surface area contributed by atoms with Crippen molar-refractivity contribution in [2.24, 2.45) is 0 Å². The van der Waals surface area contributed by atoms with Crippen LogP contribution in [0.1, 0.15) is 34.6 Å². The first-order chi connectivity index (χ1) is 12.2. The molecule has 0 aliphatic heterocycles. The molecule has 0 saturated heterocycles. The summed E-state index contributed by atoms with van der Waals surface area (Å²) >= 11 is 0. The summed E-state index contributed by atoms with van der Waals surface area (Å²) in [6.45, 7) is 2.30. The standard InChI is InChI=1S/C16H22O11/c1-7(18)13(24)15(8(2)19,26-10(4)21)16(9(3)20,27-11(5)22)14(25)12(23)6-17/h12,14,17,23,25H,6H2,1-5H3/t12-,14-,15-,16+/m1/s1. The van der Waals surface area contributed by atoms with Gasteiger partial charge in [0.05, 0.1) is 6.61 Å². The van der Waals surface area contributed by atoms with Crippen LogP contribution in [0.4, 0.5) is 0 Å². The Balaban J connectivity index is 7.41. The molecule has 0 fully saturated rings. The van der Waals surface area contributed by atoms with E-state index in [2.05, 4.69) is 0 Å². The lowest BCUT2D eigenvalue weighted by Crippen LogP contribution is -2.77. The number of rotatable bonds is 10. The molecule has 152 valence electrons. The topological polar surface area (TPSA) is 182 Å². The van der Waals surface area contributed by atoms with Gasteiger partial charge in [0, 0.05) is 20.8 Å². The van der Waals surface area contributed by atoms with Gasteiger partial charge in [-0.1, -0.05) is 0 Å². The molecule has 0 aromatic heterocycles. The average molecular weight is 390 g/mol. The second-order valence-electron chi connectivity index (χ2n) is 5.80. The number of ether oxygens (including phenoxy) is 2. The van der Waals surface area contributed by atoms with Crippen LogP contribution in [0.3, 0.4) is 0 Å². The number of Topliss-reactive ketones (excluding diaryl/α,β-unsaturated/α-hetero) is 4. The van der Waals surface area contributed by atoms with Crippen molar-refractivity contribution in [3.8, 4) is 0 Å². The predicted octanol–water partition coefficient (Wildman–Crippen LogP) is -2.36. The van der Waals surface area contributed by atoms with Crippen molar-refractivity contribution >= 4 is 35.1 Å². The van der Waals surface area contributed by atoms with E-state index < -0.39 is 65.1 Å². The molecule has 0 aliphatic rings. The van der Waals surface area contributed by atoms with Gasteiger partial charge in [0.25, 0.3) is 17.0 Å². The van der Waals surface area contributed by atoms with Crippen molar-refractivity contribution in [2.45, 2.75) is 58.0 Å². The monoisotopic (exact) mass is 390 g/mol. The van der Waals surface area contributed by atoms with Crippen molar-refractivity contribution in [3.63, 3.8) is 0 Å². The third kappa shape index (κ3) is 4.26. The number of carbonyl (C=O) groups excluding carboxylic acids is 6. The van der Waals surface area contributed by atoms with Gasteiger partial charge in [-0.25, -0.2) is 0 Å². The first kappa shape index (κ1) is 24.5. The fourth-order valence-corrected chi connectivity index (χ4v) is 2.71. The number of aliphatic hydroxyl groups is 3. The molecule has 11 heteroatoms. The molecule has 0 rings (SSSR count).